The van der Waals surface area contributed by atoms with Gasteiger partial charge in [0.15, 0.2) is 6.61 Å². The molecule has 3 aromatic carbocycles. The van der Waals surface area contributed by atoms with Gasteiger partial charge in [0, 0.05) is 10.9 Å². The van der Waals surface area contributed by atoms with E-state index in [2.05, 4.69) is 4.98 Å². The highest BCUT2D eigenvalue weighted by Crippen LogP contribution is 2.26. The quantitative estimate of drug-likeness (QED) is 0.304. The van der Waals surface area contributed by atoms with Crippen LogP contribution in [0.5, 0.6) is 11.5 Å². The van der Waals surface area contributed by atoms with Crippen LogP contribution in [0.15, 0.2) is 72.8 Å². The van der Waals surface area contributed by atoms with E-state index in [1.165, 1.54) is 0 Å². The maximum absolute atomic E-state index is 10.9. The number of nitrogens with zero attached hydrogens (tertiary/aromatic N) is 1. The standard InChI is InChI=1S/C27H24ClNO5/c1-18-6-4-8-20(27(18)34-17-26(30)31)15-33-22-9-5-7-19(12-22)14-32-16-21-13-24(28)23-10-2-3-11-25(23)29-21/h2-13H,14-17H2,1H3,(H,30,31). The third-order valence-electron chi connectivity index (χ3n) is 5.16. The molecule has 0 unspecified atom stereocenters. The molecule has 0 saturated carbocycles. The maximum Gasteiger partial charge on any atom is 0.341 e. The largest absolute Gasteiger partial charge is 0.489 e. The second kappa shape index (κ2) is 11.0. The number of pyridine rings is 1. The van der Waals surface area contributed by atoms with Crippen molar-refractivity contribution in [2.24, 2.45) is 0 Å². The van der Waals surface area contributed by atoms with Crippen molar-refractivity contribution < 1.29 is 24.1 Å². The van der Waals surface area contributed by atoms with E-state index in [0.717, 1.165) is 33.3 Å². The number of ether oxygens (including phenoxy) is 3. The first-order chi connectivity index (χ1) is 16.5. The number of benzene rings is 3. The Balaban J connectivity index is 1.36. The summed E-state index contributed by atoms with van der Waals surface area (Å²) in [6, 6.07) is 22.8. The lowest BCUT2D eigenvalue weighted by Gasteiger charge is -2.14. The van der Waals surface area contributed by atoms with Crippen molar-refractivity contribution in [3.63, 3.8) is 0 Å². The van der Waals surface area contributed by atoms with Gasteiger partial charge in [-0.2, -0.15) is 0 Å². The number of para-hydroxylation sites is 2. The molecule has 0 amide bonds. The number of rotatable bonds is 10. The average molecular weight is 478 g/mol. The Morgan fingerprint density at radius 3 is 2.62 bits per heavy atom. The van der Waals surface area contributed by atoms with Gasteiger partial charge in [-0.25, -0.2) is 4.79 Å². The van der Waals surface area contributed by atoms with E-state index in [4.69, 9.17) is 30.9 Å². The molecule has 7 heteroatoms. The lowest BCUT2D eigenvalue weighted by atomic mass is 10.1. The first kappa shape index (κ1) is 23.5. The molecule has 0 atom stereocenters. The molecule has 0 fully saturated rings. The summed E-state index contributed by atoms with van der Waals surface area (Å²) in [5.41, 5.74) is 4.20. The van der Waals surface area contributed by atoms with Crippen LogP contribution in [0.1, 0.15) is 22.4 Å². The highest BCUT2D eigenvalue weighted by Gasteiger charge is 2.10. The smallest absolute Gasteiger partial charge is 0.341 e. The zero-order valence-electron chi connectivity index (χ0n) is 18.7. The Kier molecular flexibility index (Phi) is 7.62. The summed E-state index contributed by atoms with van der Waals surface area (Å²) < 4.78 is 17.3. The Morgan fingerprint density at radius 1 is 0.941 bits per heavy atom. The van der Waals surface area contributed by atoms with Gasteiger partial charge in [0.2, 0.25) is 0 Å². The average Bonchev–Trinajstić information content (AvgIpc) is 2.82. The minimum Gasteiger partial charge on any atom is -0.489 e. The fourth-order valence-electron chi connectivity index (χ4n) is 3.58. The molecule has 0 aliphatic heterocycles. The van der Waals surface area contributed by atoms with Crippen LogP contribution in [0.2, 0.25) is 5.02 Å². The molecule has 4 aromatic rings. The van der Waals surface area contributed by atoms with Crippen LogP contribution >= 0.6 is 11.6 Å². The van der Waals surface area contributed by atoms with E-state index in [1.54, 1.807) is 0 Å². The number of aryl methyl sites for hydroxylation is 1. The Morgan fingerprint density at radius 2 is 1.76 bits per heavy atom. The SMILES string of the molecule is Cc1cccc(COc2cccc(COCc3cc(Cl)c4ccccc4n3)c2)c1OCC(=O)O. The summed E-state index contributed by atoms with van der Waals surface area (Å²) in [5, 5.41) is 10.5. The minimum atomic E-state index is -1.02. The number of hydrogen-bond acceptors (Lipinski definition) is 5. The molecule has 0 bridgehead atoms. The van der Waals surface area contributed by atoms with Crippen molar-refractivity contribution in [2.45, 2.75) is 26.7 Å². The van der Waals surface area contributed by atoms with Gasteiger partial charge in [-0.1, -0.05) is 60.1 Å². The molecule has 0 spiro atoms. The van der Waals surface area contributed by atoms with Crippen LogP contribution in [-0.2, 0) is 29.4 Å². The molecular weight excluding hydrogens is 454 g/mol. The number of aromatic nitrogens is 1. The zero-order valence-corrected chi connectivity index (χ0v) is 19.4. The normalized spacial score (nSPS) is 10.9. The number of aliphatic carboxylic acids is 1. The van der Waals surface area contributed by atoms with Crippen molar-refractivity contribution in [1.29, 1.82) is 0 Å². The fraction of sp³-hybridized carbons (Fsp3) is 0.185. The van der Waals surface area contributed by atoms with Crippen LogP contribution in [0.3, 0.4) is 0 Å². The molecule has 6 nitrogen and oxygen atoms in total. The Bertz CT molecular complexity index is 1310. The first-order valence-corrected chi connectivity index (χ1v) is 11.1. The van der Waals surface area contributed by atoms with Crippen molar-refractivity contribution in [3.8, 4) is 11.5 Å². The van der Waals surface area contributed by atoms with Crippen molar-refractivity contribution in [1.82, 2.24) is 4.98 Å². The molecule has 1 heterocycles. The summed E-state index contributed by atoms with van der Waals surface area (Å²) in [6.07, 6.45) is 0. The van der Waals surface area contributed by atoms with Crippen molar-refractivity contribution in [2.75, 3.05) is 6.61 Å². The number of carboxylic acid groups (broad SMARTS) is 1. The van der Waals surface area contributed by atoms with Gasteiger partial charge >= 0.3 is 5.97 Å². The van der Waals surface area contributed by atoms with E-state index < -0.39 is 12.6 Å². The van der Waals surface area contributed by atoms with Gasteiger partial charge in [0.1, 0.15) is 18.1 Å². The molecule has 1 aromatic heterocycles. The van der Waals surface area contributed by atoms with E-state index >= 15 is 0 Å². The second-order valence-electron chi connectivity index (χ2n) is 7.79. The number of hydrogen-bond donors (Lipinski definition) is 1. The Hall–Kier alpha value is -3.61. The highest BCUT2D eigenvalue weighted by atomic mass is 35.5. The zero-order chi connectivity index (χ0) is 23.9. The molecule has 0 aliphatic rings. The van der Waals surface area contributed by atoms with E-state index in [9.17, 15) is 4.79 Å². The predicted octanol–water partition coefficient (Wildman–Crippen LogP) is 5.96. The predicted molar refractivity (Wildman–Crippen MR) is 130 cm³/mol. The van der Waals surface area contributed by atoms with Crippen molar-refractivity contribution >= 4 is 28.5 Å². The number of halogens is 1. The number of carbonyl (C=O) groups is 1. The van der Waals surface area contributed by atoms with Crippen molar-refractivity contribution in [3.05, 3.63) is 100 Å². The van der Waals surface area contributed by atoms with Gasteiger partial charge in [0.05, 0.1) is 29.4 Å². The van der Waals surface area contributed by atoms with Crippen LogP contribution in [0, 0.1) is 6.92 Å². The summed E-state index contributed by atoms with van der Waals surface area (Å²) in [6.45, 7) is 2.45. The maximum atomic E-state index is 10.9. The molecule has 0 aliphatic carbocycles. The van der Waals surface area contributed by atoms with Gasteiger partial charge in [-0.15, -0.1) is 0 Å². The van der Waals surface area contributed by atoms with Gasteiger partial charge in [0.25, 0.3) is 0 Å². The van der Waals surface area contributed by atoms with Crippen LogP contribution in [0.25, 0.3) is 10.9 Å². The van der Waals surface area contributed by atoms with E-state index in [-0.39, 0.29) is 6.61 Å². The number of carboxylic acids is 1. The van der Waals surface area contributed by atoms with Crippen LogP contribution in [0.4, 0.5) is 0 Å². The lowest BCUT2D eigenvalue weighted by Crippen LogP contribution is -2.12. The molecule has 174 valence electrons. The lowest BCUT2D eigenvalue weighted by molar-refractivity contribution is -0.139. The monoisotopic (exact) mass is 477 g/mol. The number of fused-ring (bicyclic) bond motifs is 1. The summed E-state index contributed by atoms with van der Waals surface area (Å²) in [5.74, 6) is 0.189. The van der Waals surface area contributed by atoms with Crippen LogP contribution < -0.4 is 9.47 Å². The summed E-state index contributed by atoms with van der Waals surface area (Å²) >= 11 is 6.37. The summed E-state index contributed by atoms with van der Waals surface area (Å²) in [7, 11) is 0. The second-order valence-corrected chi connectivity index (χ2v) is 8.19. The van der Waals surface area contributed by atoms with Gasteiger partial charge < -0.3 is 19.3 Å². The van der Waals surface area contributed by atoms with Crippen LogP contribution in [-0.4, -0.2) is 22.7 Å². The third-order valence-corrected chi connectivity index (χ3v) is 5.48. The minimum absolute atomic E-state index is 0.250. The molecule has 4 rings (SSSR count). The molecule has 0 saturated heterocycles. The molecule has 1 N–H and O–H groups in total. The molecular formula is C27H24ClNO5. The topological polar surface area (TPSA) is 77.9 Å². The van der Waals surface area contributed by atoms with E-state index in [1.807, 2.05) is 79.7 Å². The molecule has 0 radical (unpaired) electrons. The van der Waals surface area contributed by atoms with Gasteiger partial charge in [-0.3, -0.25) is 4.98 Å². The van der Waals surface area contributed by atoms with E-state index in [0.29, 0.717) is 29.7 Å². The third kappa shape index (κ3) is 6.04. The van der Waals surface area contributed by atoms with Gasteiger partial charge in [-0.05, 0) is 42.3 Å². The fourth-order valence-corrected chi connectivity index (χ4v) is 3.87. The first-order valence-electron chi connectivity index (χ1n) is 10.8. The highest BCUT2D eigenvalue weighted by molar-refractivity contribution is 6.35. The summed E-state index contributed by atoms with van der Waals surface area (Å²) in [4.78, 5) is 15.5. The Labute approximate surface area is 202 Å². The molecule has 34 heavy (non-hydrogen) atoms.